The fourth-order valence-electron chi connectivity index (χ4n) is 4.54. The molecular formula is C15H16F2N2S. The van der Waals surface area contributed by atoms with Crippen LogP contribution >= 0.6 is 12.2 Å². The highest BCUT2D eigenvalue weighted by Gasteiger charge is 2.65. The molecule has 20 heavy (non-hydrogen) atoms. The Morgan fingerprint density at radius 2 is 1.70 bits per heavy atom. The van der Waals surface area contributed by atoms with Crippen molar-refractivity contribution in [3.8, 4) is 0 Å². The smallest absolute Gasteiger partial charge is 0.150 e. The summed E-state index contributed by atoms with van der Waals surface area (Å²) in [6.07, 6.45) is 3.89. The van der Waals surface area contributed by atoms with Crippen molar-refractivity contribution in [1.82, 2.24) is 0 Å². The highest BCUT2D eigenvalue weighted by Crippen LogP contribution is 2.66. The molecule has 0 aliphatic heterocycles. The Labute approximate surface area is 121 Å². The second kappa shape index (κ2) is 4.13. The van der Waals surface area contributed by atoms with E-state index >= 15 is 0 Å². The van der Waals surface area contributed by atoms with Gasteiger partial charge in [-0.25, -0.2) is 8.78 Å². The minimum atomic E-state index is -0.606. The summed E-state index contributed by atoms with van der Waals surface area (Å²) in [5, 5.41) is 3.09. The van der Waals surface area contributed by atoms with Gasteiger partial charge < -0.3 is 11.1 Å². The van der Waals surface area contributed by atoms with Crippen LogP contribution in [-0.2, 0) is 0 Å². The van der Waals surface area contributed by atoms with E-state index in [9.17, 15) is 8.78 Å². The number of hydrogen-bond acceptors (Lipinski definition) is 2. The number of thiocarbonyl (C=S) groups is 1. The van der Waals surface area contributed by atoms with Crippen LogP contribution in [0, 0.1) is 35.3 Å². The average Bonchev–Trinajstić information content (AvgIpc) is 2.79. The first kappa shape index (κ1) is 12.5. The number of rotatable bonds is 3. The predicted molar refractivity (Wildman–Crippen MR) is 77.5 cm³/mol. The summed E-state index contributed by atoms with van der Waals surface area (Å²) in [5.74, 6) is 1.58. The molecule has 4 rings (SSSR count). The number of benzene rings is 1. The zero-order valence-electron chi connectivity index (χ0n) is 10.9. The van der Waals surface area contributed by atoms with Crippen molar-refractivity contribution in [3.63, 3.8) is 0 Å². The molecule has 106 valence electrons. The van der Waals surface area contributed by atoms with Crippen LogP contribution in [0.25, 0.3) is 0 Å². The molecule has 0 saturated heterocycles. The van der Waals surface area contributed by atoms with E-state index in [0.29, 0.717) is 11.8 Å². The molecule has 1 aromatic carbocycles. The second-order valence-corrected chi connectivity index (χ2v) is 6.78. The predicted octanol–water partition coefficient (Wildman–Crippen LogP) is 3.06. The summed E-state index contributed by atoms with van der Waals surface area (Å²) in [6, 6.07) is 2.67. The zero-order chi connectivity index (χ0) is 14.0. The monoisotopic (exact) mass is 294 g/mol. The van der Waals surface area contributed by atoms with Gasteiger partial charge in [0.05, 0.1) is 0 Å². The van der Waals surface area contributed by atoms with Gasteiger partial charge in [-0.1, -0.05) is 12.2 Å². The Morgan fingerprint density at radius 1 is 1.15 bits per heavy atom. The molecule has 0 heterocycles. The van der Waals surface area contributed by atoms with E-state index in [4.69, 9.17) is 18.0 Å². The Hall–Kier alpha value is -1.23. The van der Waals surface area contributed by atoms with Gasteiger partial charge in [0.15, 0.2) is 0 Å². The number of fused-ring (bicyclic) bond motifs is 5. The van der Waals surface area contributed by atoms with Crippen LogP contribution in [0.3, 0.4) is 0 Å². The van der Waals surface area contributed by atoms with Crippen molar-refractivity contribution in [2.75, 3.05) is 5.32 Å². The molecule has 3 fully saturated rings. The van der Waals surface area contributed by atoms with Crippen molar-refractivity contribution in [1.29, 1.82) is 0 Å². The van der Waals surface area contributed by atoms with Crippen LogP contribution in [0.2, 0.25) is 0 Å². The van der Waals surface area contributed by atoms with Crippen molar-refractivity contribution >= 4 is 22.9 Å². The Morgan fingerprint density at radius 3 is 2.20 bits per heavy atom. The largest absolute Gasteiger partial charge is 0.389 e. The van der Waals surface area contributed by atoms with Gasteiger partial charge >= 0.3 is 0 Å². The third-order valence-corrected chi connectivity index (χ3v) is 5.61. The lowest BCUT2D eigenvalue weighted by Gasteiger charge is -2.14. The van der Waals surface area contributed by atoms with Crippen molar-refractivity contribution in [3.05, 3.63) is 29.3 Å². The van der Waals surface area contributed by atoms with Gasteiger partial charge in [0.25, 0.3) is 0 Å². The first-order valence-corrected chi connectivity index (χ1v) is 7.52. The molecule has 3 N–H and O–H groups in total. The molecule has 4 atom stereocenters. The number of anilines is 1. The topological polar surface area (TPSA) is 38.0 Å². The standard InChI is InChI=1S/C15H16F2N2S/c16-9-4-8(15(18)20)5-10(17)13(9)19-14-11-6-1-2-7(3-6)12(11)14/h4-7,11-12,14,19H,1-3H2,(H2,18,20). The molecule has 1 aromatic rings. The van der Waals surface area contributed by atoms with Gasteiger partial charge in [0, 0.05) is 11.6 Å². The van der Waals surface area contributed by atoms with Crippen molar-refractivity contribution in [2.45, 2.75) is 25.3 Å². The molecule has 0 aromatic heterocycles. The molecule has 2 nitrogen and oxygen atoms in total. The summed E-state index contributed by atoms with van der Waals surface area (Å²) < 4.78 is 28.1. The maximum Gasteiger partial charge on any atom is 0.150 e. The zero-order valence-corrected chi connectivity index (χ0v) is 11.7. The molecule has 4 unspecified atom stereocenters. The molecule has 0 radical (unpaired) electrons. The molecule has 5 heteroatoms. The Bertz CT molecular complexity index is 565. The molecule has 3 aliphatic rings. The van der Waals surface area contributed by atoms with Gasteiger partial charge in [-0.3, -0.25) is 0 Å². The summed E-state index contributed by atoms with van der Waals surface area (Å²) in [7, 11) is 0. The van der Waals surface area contributed by atoms with Crippen molar-refractivity contribution in [2.24, 2.45) is 29.4 Å². The van der Waals surface area contributed by atoms with E-state index < -0.39 is 11.6 Å². The van der Waals surface area contributed by atoms with E-state index in [1.165, 1.54) is 31.4 Å². The number of hydrogen-bond donors (Lipinski definition) is 2. The van der Waals surface area contributed by atoms with Gasteiger partial charge in [-0.15, -0.1) is 0 Å². The lowest BCUT2D eigenvalue weighted by molar-refractivity contribution is 0.456. The molecular weight excluding hydrogens is 278 g/mol. The van der Waals surface area contributed by atoms with Crippen LogP contribution in [0.4, 0.5) is 14.5 Å². The quantitative estimate of drug-likeness (QED) is 0.842. The van der Waals surface area contributed by atoms with Crippen LogP contribution in [-0.4, -0.2) is 11.0 Å². The SMILES string of the molecule is NC(=S)c1cc(F)c(NC2C3C4CCC(C4)C23)c(F)c1. The van der Waals surface area contributed by atoms with E-state index in [0.717, 1.165) is 11.8 Å². The van der Waals surface area contributed by atoms with Crippen LogP contribution in [0.15, 0.2) is 12.1 Å². The third kappa shape index (κ3) is 1.68. The molecule has 0 spiro atoms. The molecule has 3 saturated carbocycles. The summed E-state index contributed by atoms with van der Waals surface area (Å²) in [5.41, 5.74) is 5.62. The Balaban J connectivity index is 1.57. The van der Waals surface area contributed by atoms with Crippen LogP contribution in [0.1, 0.15) is 24.8 Å². The van der Waals surface area contributed by atoms with Gasteiger partial charge in [0.1, 0.15) is 22.3 Å². The summed E-state index contributed by atoms with van der Waals surface area (Å²) >= 11 is 4.75. The van der Waals surface area contributed by atoms with Gasteiger partial charge in [-0.05, 0) is 55.1 Å². The Kier molecular flexibility index (Phi) is 2.58. The van der Waals surface area contributed by atoms with Gasteiger partial charge in [0.2, 0.25) is 0 Å². The second-order valence-electron chi connectivity index (χ2n) is 6.34. The maximum atomic E-state index is 14.0. The number of nitrogens with two attached hydrogens (primary N) is 1. The first-order valence-electron chi connectivity index (χ1n) is 7.11. The molecule has 2 bridgehead atoms. The van der Waals surface area contributed by atoms with E-state index in [1.54, 1.807) is 0 Å². The average molecular weight is 294 g/mol. The van der Waals surface area contributed by atoms with Crippen molar-refractivity contribution < 1.29 is 8.78 Å². The number of nitrogens with one attached hydrogen (secondary N) is 1. The fourth-order valence-corrected chi connectivity index (χ4v) is 4.66. The van der Waals surface area contributed by atoms with E-state index in [-0.39, 0.29) is 22.3 Å². The van der Waals surface area contributed by atoms with E-state index in [1.807, 2.05) is 0 Å². The van der Waals surface area contributed by atoms with Crippen LogP contribution in [0.5, 0.6) is 0 Å². The third-order valence-electron chi connectivity index (χ3n) is 5.37. The summed E-state index contributed by atoms with van der Waals surface area (Å²) in [4.78, 5) is 0.00989. The lowest BCUT2D eigenvalue weighted by Crippen LogP contribution is -2.16. The lowest BCUT2D eigenvalue weighted by atomic mass is 10.0. The summed E-state index contributed by atoms with van der Waals surface area (Å²) in [6.45, 7) is 0. The minimum absolute atomic E-state index is 0.00989. The number of halogens is 2. The first-order chi connectivity index (χ1) is 9.56. The fraction of sp³-hybridized carbons (Fsp3) is 0.533. The minimum Gasteiger partial charge on any atom is -0.389 e. The highest BCUT2D eigenvalue weighted by atomic mass is 32.1. The van der Waals surface area contributed by atoms with Crippen LogP contribution < -0.4 is 11.1 Å². The maximum absolute atomic E-state index is 14.0. The van der Waals surface area contributed by atoms with Gasteiger partial charge in [-0.2, -0.15) is 0 Å². The molecule has 3 aliphatic carbocycles. The molecule has 0 amide bonds. The normalized spacial score (nSPS) is 36.8. The van der Waals surface area contributed by atoms with E-state index in [2.05, 4.69) is 5.32 Å². The highest BCUT2D eigenvalue weighted by molar-refractivity contribution is 7.80.